The first-order valence-electron chi connectivity index (χ1n) is 6.34. The molecule has 1 rings (SSSR count). The molecular weight excluding hydrogens is 262 g/mol. The number of thiophene rings is 1. The van der Waals surface area contributed by atoms with Crippen LogP contribution in [0.15, 0.2) is 18.2 Å². The Hall–Kier alpha value is -1.62. The van der Waals surface area contributed by atoms with Crippen molar-refractivity contribution in [2.75, 3.05) is 0 Å². The fourth-order valence-electron chi connectivity index (χ4n) is 1.60. The summed E-state index contributed by atoms with van der Waals surface area (Å²) in [4.78, 5) is 23.7. The first-order chi connectivity index (χ1) is 9.02. The molecule has 104 valence electrons. The van der Waals surface area contributed by atoms with E-state index in [4.69, 9.17) is 5.11 Å². The van der Waals surface area contributed by atoms with Crippen molar-refractivity contribution in [3.8, 4) is 0 Å². The fourth-order valence-corrected chi connectivity index (χ4v) is 2.41. The second kappa shape index (κ2) is 7.74. The molecule has 0 aliphatic carbocycles. The van der Waals surface area contributed by atoms with E-state index in [0.717, 1.165) is 30.2 Å². The molecule has 0 aliphatic rings. The Labute approximate surface area is 117 Å². The lowest BCUT2D eigenvalue weighted by molar-refractivity contribution is -0.131. The Kier molecular flexibility index (Phi) is 6.29. The number of hydrogen-bond donors (Lipinski definition) is 2. The summed E-state index contributed by atoms with van der Waals surface area (Å²) in [5.41, 5.74) is 0. The number of rotatable bonds is 7. The average molecular weight is 281 g/mol. The lowest BCUT2D eigenvalue weighted by atomic mass is 10.1. The topological polar surface area (TPSA) is 66.4 Å². The van der Waals surface area contributed by atoms with Crippen molar-refractivity contribution in [2.24, 2.45) is 0 Å². The highest BCUT2D eigenvalue weighted by atomic mass is 32.1. The minimum atomic E-state index is -0.993. The Morgan fingerprint density at radius 1 is 1.47 bits per heavy atom. The van der Waals surface area contributed by atoms with Gasteiger partial charge in [-0.05, 0) is 31.6 Å². The van der Waals surface area contributed by atoms with E-state index < -0.39 is 5.97 Å². The molecule has 0 saturated carbocycles. The van der Waals surface area contributed by atoms with E-state index in [0.29, 0.717) is 4.88 Å². The van der Waals surface area contributed by atoms with Gasteiger partial charge in [-0.25, -0.2) is 4.79 Å². The standard InChI is InChI=1S/C14H19NO3S/c1-3-4-5-10(2)15-14(18)12-8-6-11(19-12)7-9-13(16)17/h6-10H,3-5H2,1-2H3,(H,15,18)(H,16,17)/b9-7+. The van der Waals surface area contributed by atoms with Gasteiger partial charge in [-0.2, -0.15) is 0 Å². The molecule has 0 aliphatic heterocycles. The highest BCUT2D eigenvalue weighted by Crippen LogP contribution is 2.18. The fraction of sp³-hybridized carbons (Fsp3) is 0.429. The lowest BCUT2D eigenvalue weighted by Crippen LogP contribution is -2.31. The van der Waals surface area contributed by atoms with E-state index in [2.05, 4.69) is 12.2 Å². The zero-order chi connectivity index (χ0) is 14.3. The number of nitrogens with one attached hydrogen (secondary N) is 1. The molecule has 0 radical (unpaired) electrons. The molecule has 1 aromatic rings. The van der Waals surface area contributed by atoms with Gasteiger partial charge in [0.15, 0.2) is 0 Å². The smallest absolute Gasteiger partial charge is 0.328 e. The van der Waals surface area contributed by atoms with Gasteiger partial charge in [0, 0.05) is 17.0 Å². The minimum absolute atomic E-state index is 0.0939. The van der Waals surface area contributed by atoms with Crippen LogP contribution in [0, 0.1) is 0 Å². The average Bonchev–Trinajstić information content (AvgIpc) is 2.82. The molecule has 1 amide bonds. The van der Waals surface area contributed by atoms with Crippen molar-refractivity contribution in [3.05, 3.63) is 28.0 Å². The molecule has 2 N–H and O–H groups in total. The van der Waals surface area contributed by atoms with Gasteiger partial charge < -0.3 is 10.4 Å². The molecule has 1 aromatic heterocycles. The first kappa shape index (κ1) is 15.4. The number of aliphatic carboxylic acids is 1. The Bertz CT molecular complexity index is 465. The van der Waals surface area contributed by atoms with Crippen LogP contribution < -0.4 is 5.32 Å². The summed E-state index contributed by atoms with van der Waals surface area (Å²) in [5, 5.41) is 11.5. The number of amides is 1. The van der Waals surface area contributed by atoms with E-state index in [1.807, 2.05) is 6.92 Å². The van der Waals surface area contributed by atoms with Gasteiger partial charge in [-0.3, -0.25) is 4.79 Å². The largest absolute Gasteiger partial charge is 0.478 e. The number of hydrogen-bond acceptors (Lipinski definition) is 3. The maximum atomic E-state index is 11.9. The maximum Gasteiger partial charge on any atom is 0.328 e. The highest BCUT2D eigenvalue weighted by molar-refractivity contribution is 7.14. The Balaban J connectivity index is 2.56. The summed E-state index contributed by atoms with van der Waals surface area (Å²) in [6.07, 6.45) is 5.74. The summed E-state index contributed by atoms with van der Waals surface area (Å²) in [6.45, 7) is 4.11. The summed E-state index contributed by atoms with van der Waals surface area (Å²) < 4.78 is 0. The van der Waals surface area contributed by atoms with Crippen molar-refractivity contribution in [1.29, 1.82) is 0 Å². The van der Waals surface area contributed by atoms with Gasteiger partial charge in [0.05, 0.1) is 4.88 Å². The molecule has 0 aromatic carbocycles. The van der Waals surface area contributed by atoms with Crippen LogP contribution in [-0.4, -0.2) is 23.0 Å². The van der Waals surface area contributed by atoms with Gasteiger partial charge >= 0.3 is 5.97 Å². The molecule has 1 heterocycles. The van der Waals surface area contributed by atoms with Gasteiger partial charge in [0.25, 0.3) is 5.91 Å². The molecule has 0 fully saturated rings. The van der Waals surface area contributed by atoms with Gasteiger partial charge in [-0.15, -0.1) is 11.3 Å². The highest BCUT2D eigenvalue weighted by Gasteiger charge is 2.11. The lowest BCUT2D eigenvalue weighted by Gasteiger charge is -2.12. The Morgan fingerprint density at radius 2 is 2.21 bits per heavy atom. The molecule has 1 atom stereocenters. The number of carbonyl (C=O) groups excluding carboxylic acids is 1. The zero-order valence-corrected chi connectivity index (χ0v) is 12.0. The van der Waals surface area contributed by atoms with Crippen LogP contribution in [0.3, 0.4) is 0 Å². The van der Waals surface area contributed by atoms with Crippen LogP contribution in [0.1, 0.15) is 47.7 Å². The van der Waals surface area contributed by atoms with E-state index in [9.17, 15) is 9.59 Å². The van der Waals surface area contributed by atoms with Crippen LogP contribution in [0.2, 0.25) is 0 Å². The van der Waals surface area contributed by atoms with Crippen LogP contribution in [0.25, 0.3) is 6.08 Å². The second-order valence-electron chi connectivity index (χ2n) is 4.39. The van der Waals surface area contributed by atoms with Gasteiger partial charge in [0.1, 0.15) is 0 Å². The van der Waals surface area contributed by atoms with Gasteiger partial charge in [-0.1, -0.05) is 19.8 Å². The quantitative estimate of drug-likeness (QED) is 0.754. The third-order valence-electron chi connectivity index (χ3n) is 2.61. The first-order valence-corrected chi connectivity index (χ1v) is 7.16. The van der Waals surface area contributed by atoms with Crippen LogP contribution >= 0.6 is 11.3 Å². The predicted molar refractivity (Wildman–Crippen MR) is 77.4 cm³/mol. The van der Waals surface area contributed by atoms with Crippen molar-refractivity contribution in [2.45, 2.75) is 39.2 Å². The molecule has 0 saturated heterocycles. The zero-order valence-electron chi connectivity index (χ0n) is 11.2. The monoisotopic (exact) mass is 281 g/mol. The molecule has 1 unspecified atom stereocenters. The minimum Gasteiger partial charge on any atom is -0.478 e. The summed E-state index contributed by atoms with van der Waals surface area (Å²) in [7, 11) is 0. The van der Waals surface area contributed by atoms with Crippen molar-refractivity contribution < 1.29 is 14.7 Å². The molecule has 0 spiro atoms. The van der Waals surface area contributed by atoms with Crippen molar-refractivity contribution in [1.82, 2.24) is 5.32 Å². The van der Waals surface area contributed by atoms with Crippen LogP contribution in [0.4, 0.5) is 0 Å². The third kappa shape index (κ3) is 5.70. The van der Waals surface area contributed by atoms with Crippen LogP contribution in [0.5, 0.6) is 0 Å². The number of carbonyl (C=O) groups is 2. The molecule has 4 nitrogen and oxygen atoms in total. The summed E-state index contributed by atoms with van der Waals surface area (Å²) in [6, 6.07) is 3.62. The number of unbranched alkanes of at least 4 members (excludes halogenated alkanes) is 1. The number of carboxylic acids is 1. The van der Waals surface area contributed by atoms with Gasteiger partial charge in [0.2, 0.25) is 0 Å². The summed E-state index contributed by atoms with van der Waals surface area (Å²) in [5.74, 6) is -1.09. The molecular formula is C14H19NO3S. The summed E-state index contributed by atoms with van der Waals surface area (Å²) >= 11 is 1.29. The normalized spacial score (nSPS) is 12.5. The van der Waals surface area contributed by atoms with E-state index >= 15 is 0 Å². The molecule has 0 bridgehead atoms. The van der Waals surface area contributed by atoms with Crippen LogP contribution in [-0.2, 0) is 4.79 Å². The Morgan fingerprint density at radius 3 is 2.84 bits per heavy atom. The van der Waals surface area contributed by atoms with E-state index in [-0.39, 0.29) is 11.9 Å². The number of carboxylic acid groups (broad SMARTS) is 1. The second-order valence-corrected chi connectivity index (χ2v) is 5.51. The van der Waals surface area contributed by atoms with E-state index in [1.54, 1.807) is 12.1 Å². The SMILES string of the molecule is CCCCC(C)NC(=O)c1ccc(/C=C/C(=O)O)s1. The third-order valence-corrected chi connectivity index (χ3v) is 3.66. The molecule has 19 heavy (non-hydrogen) atoms. The van der Waals surface area contributed by atoms with E-state index in [1.165, 1.54) is 17.4 Å². The van der Waals surface area contributed by atoms with Crippen molar-refractivity contribution in [3.63, 3.8) is 0 Å². The molecule has 5 heteroatoms. The van der Waals surface area contributed by atoms with Crippen molar-refractivity contribution >= 4 is 29.3 Å². The predicted octanol–water partition coefficient (Wildman–Crippen LogP) is 3.15. The maximum absolute atomic E-state index is 11.9.